The number of amides is 2. The molecule has 2 fully saturated rings. The molecule has 0 radical (unpaired) electrons. The number of nitrogens with one attached hydrogen (secondary N) is 1. The first-order chi connectivity index (χ1) is 11.7. The average Bonchev–Trinajstić information content (AvgIpc) is 2.93. The van der Waals surface area contributed by atoms with Crippen molar-refractivity contribution in [2.24, 2.45) is 0 Å². The molecule has 25 heavy (non-hydrogen) atoms. The molecule has 0 aliphatic carbocycles. The molecule has 2 heterocycles. The smallest absolute Gasteiger partial charge is 0.411 e. The average molecular weight is 351 g/mol. The van der Waals surface area contributed by atoms with E-state index in [1.54, 1.807) is 11.0 Å². The van der Waals surface area contributed by atoms with Crippen molar-refractivity contribution in [3.8, 4) is 0 Å². The molecular formula is C19H33N3O3. The molecule has 142 valence electrons. The molecule has 6 nitrogen and oxygen atoms in total. The lowest BCUT2D eigenvalue weighted by molar-refractivity contribution is -0.132. The fraction of sp³-hybridized carbons (Fsp3) is 0.789. The maximum atomic E-state index is 13.2. The number of carbonyl (C=O) groups excluding carboxylic acids is 2. The predicted molar refractivity (Wildman–Crippen MR) is 98.4 cm³/mol. The highest BCUT2D eigenvalue weighted by atomic mass is 16.6. The van der Waals surface area contributed by atoms with E-state index >= 15 is 0 Å². The summed E-state index contributed by atoms with van der Waals surface area (Å²) in [4.78, 5) is 29.7. The zero-order valence-corrected chi connectivity index (χ0v) is 16.1. The van der Waals surface area contributed by atoms with Crippen LogP contribution in [0.1, 0.15) is 52.9 Å². The Morgan fingerprint density at radius 1 is 1.28 bits per heavy atom. The molecule has 0 bridgehead atoms. The van der Waals surface area contributed by atoms with Crippen molar-refractivity contribution in [1.29, 1.82) is 0 Å². The van der Waals surface area contributed by atoms with E-state index < -0.39 is 17.2 Å². The van der Waals surface area contributed by atoms with Gasteiger partial charge in [0.1, 0.15) is 11.1 Å². The number of hydrogen-bond donors (Lipinski definition) is 1. The maximum absolute atomic E-state index is 13.2. The summed E-state index contributed by atoms with van der Waals surface area (Å²) in [6.07, 6.45) is 5.11. The van der Waals surface area contributed by atoms with Crippen LogP contribution in [0.15, 0.2) is 12.7 Å². The van der Waals surface area contributed by atoms with E-state index in [0.717, 1.165) is 32.4 Å². The second-order valence-electron chi connectivity index (χ2n) is 8.31. The van der Waals surface area contributed by atoms with E-state index in [0.29, 0.717) is 19.4 Å². The molecule has 1 N–H and O–H groups in total. The molecule has 0 spiro atoms. The standard InChI is InChI=1S/C19H33N3O3/c1-6-10-19(16(23)20-15-8-13-21(5)14-9-15)11-7-12-22(19)17(24)25-18(2,3)4/h6,15H,1,7-14H2,2-5H3,(H,20,23). The lowest BCUT2D eigenvalue weighted by Gasteiger charge is -2.39. The third kappa shape index (κ3) is 4.75. The third-order valence-corrected chi connectivity index (χ3v) is 5.06. The van der Waals surface area contributed by atoms with Gasteiger partial charge in [0, 0.05) is 12.6 Å². The van der Waals surface area contributed by atoms with Gasteiger partial charge in [-0.3, -0.25) is 9.69 Å². The number of piperidine rings is 1. The lowest BCUT2D eigenvalue weighted by atomic mass is 9.90. The highest BCUT2D eigenvalue weighted by Crippen LogP contribution is 2.35. The Kier molecular flexibility index (Phi) is 6.14. The van der Waals surface area contributed by atoms with Gasteiger partial charge in [-0.05, 0) is 73.0 Å². The number of nitrogens with zero attached hydrogens (tertiary/aromatic N) is 2. The predicted octanol–water partition coefficient (Wildman–Crippen LogP) is 2.54. The van der Waals surface area contributed by atoms with Gasteiger partial charge in [0.25, 0.3) is 0 Å². The molecular weight excluding hydrogens is 318 g/mol. The second-order valence-corrected chi connectivity index (χ2v) is 8.31. The molecule has 0 aromatic carbocycles. The molecule has 6 heteroatoms. The Bertz CT molecular complexity index is 507. The van der Waals surface area contributed by atoms with Gasteiger partial charge in [-0.15, -0.1) is 6.58 Å². The van der Waals surface area contributed by atoms with Crippen molar-refractivity contribution in [2.75, 3.05) is 26.7 Å². The maximum Gasteiger partial charge on any atom is 0.411 e. The van der Waals surface area contributed by atoms with Gasteiger partial charge in [0.05, 0.1) is 0 Å². The first-order valence-corrected chi connectivity index (χ1v) is 9.29. The van der Waals surface area contributed by atoms with E-state index in [2.05, 4.69) is 23.8 Å². The van der Waals surface area contributed by atoms with Gasteiger partial charge in [-0.1, -0.05) is 6.08 Å². The van der Waals surface area contributed by atoms with Crippen LogP contribution in [0.25, 0.3) is 0 Å². The molecule has 2 aliphatic rings. The fourth-order valence-corrected chi connectivity index (χ4v) is 3.71. The minimum Gasteiger partial charge on any atom is -0.444 e. The molecule has 0 aromatic rings. The van der Waals surface area contributed by atoms with Crippen LogP contribution in [0, 0.1) is 0 Å². The summed E-state index contributed by atoms with van der Waals surface area (Å²) in [5.74, 6) is -0.0645. The van der Waals surface area contributed by atoms with E-state index in [1.807, 2.05) is 20.8 Å². The molecule has 2 saturated heterocycles. The molecule has 1 atom stereocenters. The van der Waals surface area contributed by atoms with Gasteiger partial charge in [0.2, 0.25) is 5.91 Å². The Morgan fingerprint density at radius 2 is 1.92 bits per heavy atom. The van der Waals surface area contributed by atoms with Crippen LogP contribution in [0.2, 0.25) is 0 Å². The SMILES string of the molecule is C=CCC1(C(=O)NC2CCN(C)CC2)CCCN1C(=O)OC(C)(C)C. The molecule has 2 aliphatic heterocycles. The fourth-order valence-electron chi connectivity index (χ4n) is 3.71. The van der Waals surface area contributed by atoms with Crippen LogP contribution in [0.4, 0.5) is 4.79 Å². The van der Waals surface area contributed by atoms with Gasteiger partial charge in [0.15, 0.2) is 0 Å². The Morgan fingerprint density at radius 3 is 2.48 bits per heavy atom. The Hall–Kier alpha value is -1.56. The van der Waals surface area contributed by atoms with Gasteiger partial charge in [-0.2, -0.15) is 0 Å². The minimum absolute atomic E-state index is 0.0645. The first kappa shape index (κ1) is 19.8. The Labute approximate surface area is 151 Å². The minimum atomic E-state index is -0.868. The quantitative estimate of drug-likeness (QED) is 0.791. The largest absolute Gasteiger partial charge is 0.444 e. The number of likely N-dealkylation sites (tertiary alicyclic amines) is 2. The summed E-state index contributed by atoms with van der Waals surface area (Å²) in [6.45, 7) is 11.8. The second kappa shape index (κ2) is 7.77. The van der Waals surface area contributed by atoms with Crippen LogP contribution in [-0.2, 0) is 9.53 Å². The molecule has 0 saturated carbocycles. The van der Waals surface area contributed by atoms with Crippen molar-refractivity contribution < 1.29 is 14.3 Å². The van der Waals surface area contributed by atoms with Crippen molar-refractivity contribution in [3.63, 3.8) is 0 Å². The van der Waals surface area contributed by atoms with Crippen LogP contribution in [0.5, 0.6) is 0 Å². The van der Waals surface area contributed by atoms with Crippen molar-refractivity contribution >= 4 is 12.0 Å². The summed E-state index contributed by atoms with van der Waals surface area (Å²) in [5.41, 5.74) is -1.45. The zero-order valence-electron chi connectivity index (χ0n) is 16.1. The van der Waals surface area contributed by atoms with Crippen LogP contribution in [-0.4, -0.2) is 65.7 Å². The third-order valence-electron chi connectivity index (χ3n) is 5.06. The molecule has 2 amide bonds. The van der Waals surface area contributed by atoms with Crippen molar-refractivity contribution in [1.82, 2.24) is 15.1 Å². The summed E-state index contributed by atoms with van der Waals surface area (Å²) in [7, 11) is 2.10. The first-order valence-electron chi connectivity index (χ1n) is 9.29. The van der Waals surface area contributed by atoms with Crippen molar-refractivity contribution in [3.05, 3.63) is 12.7 Å². The number of rotatable bonds is 4. The monoisotopic (exact) mass is 351 g/mol. The number of ether oxygens (including phenoxy) is 1. The van der Waals surface area contributed by atoms with E-state index in [-0.39, 0.29) is 11.9 Å². The molecule has 2 rings (SSSR count). The van der Waals surface area contributed by atoms with Crippen LogP contribution >= 0.6 is 0 Å². The van der Waals surface area contributed by atoms with E-state index in [1.165, 1.54) is 0 Å². The highest BCUT2D eigenvalue weighted by Gasteiger charge is 2.50. The van der Waals surface area contributed by atoms with Gasteiger partial charge >= 0.3 is 6.09 Å². The van der Waals surface area contributed by atoms with Crippen molar-refractivity contribution in [2.45, 2.75) is 70.1 Å². The Balaban J connectivity index is 2.13. The zero-order chi connectivity index (χ0) is 18.7. The lowest BCUT2D eigenvalue weighted by Crippen LogP contribution is -2.60. The topological polar surface area (TPSA) is 61.9 Å². The summed E-state index contributed by atoms with van der Waals surface area (Å²) in [5, 5.41) is 3.19. The van der Waals surface area contributed by atoms with Crippen LogP contribution < -0.4 is 5.32 Å². The molecule has 0 aromatic heterocycles. The summed E-state index contributed by atoms with van der Waals surface area (Å²) < 4.78 is 5.54. The number of hydrogen-bond acceptors (Lipinski definition) is 4. The number of carbonyl (C=O) groups is 2. The van der Waals surface area contributed by atoms with Crippen LogP contribution in [0.3, 0.4) is 0 Å². The molecule has 1 unspecified atom stereocenters. The summed E-state index contributed by atoms with van der Waals surface area (Å²) in [6, 6.07) is 0.173. The van der Waals surface area contributed by atoms with Gasteiger partial charge < -0.3 is 15.0 Å². The highest BCUT2D eigenvalue weighted by molar-refractivity contribution is 5.91. The summed E-state index contributed by atoms with van der Waals surface area (Å²) >= 11 is 0. The normalized spacial score (nSPS) is 25.7. The van der Waals surface area contributed by atoms with E-state index in [9.17, 15) is 9.59 Å². The van der Waals surface area contributed by atoms with Gasteiger partial charge in [-0.25, -0.2) is 4.79 Å². The van der Waals surface area contributed by atoms with E-state index in [4.69, 9.17) is 4.74 Å².